The minimum Gasteiger partial charge on any atom is -0.494 e. The quantitative estimate of drug-likeness (QED) is 0.667. The summed E-state index contributed by atoms with van der Waals surface area (Å²) in [6, 6.07) is 7.78. The first kappa shape index (κ1) is 10.5. The van der Waals surface area contributed by atoms with Gasteiger partial charge in [0.05, 0.1) is 6.61 Å². The van der Waals surface area contributed by atoms with Crippen LogP contribution >= 0.6 is 0 Å². The molecule has 0 aliphatic carbocycles. The first-order valence-corrected chi connectivity index (χ1v) is 4.70. The second-order valence-electron chi connectivity index (χ2n) is 2.81. The van der Waals surface area contributed by atoms with Gasteiger partial charge in [-0.15, -0.1) is 0 Å². The highest BCUT2D eigenvalue weighted by Crippen LogP contribution is 2.14. The van der Waals surface area contributed by atoms with Gasteiger partial charge in [0.15, 0.2) is 0 Å². The summed E-state index contributed by atoms with van der Waals surface area (Å²) in [7, 11) is 0. The molecule has 0 heterocycles. The van der Waals surface area contributed by atoms with Crippen LogP contribution in [-0.4, -0.2) is 12.9 Å². The van der Waals surface area contributed by atoms with Crippen molar-refractivity contribution < 1.29 is 9.53 Å². The van der Waals surface area contributed by atoms with Crippen LogP contribution in [0.1, 0.15) is 18.9 Å². The standard InChI is InChI=1S/C12H14O2/c1-2-14-12-8-5-7-11(10-12)6-3-4-9-13/h3,5-10H,2,4H2,1H3. The molecule has 1 aromatic carbocycles. The maximum atomic E-state index is 10.1. The number of carbonyl (C=O) groups is 1. The van der Waals surface area contributed by atoms with E-state index in [4.69, 9.17) is 4.74 Å². The molecule has 0 fully saturated rings. The zero-order chi connectivity index (χ0) is 10.2. The fourth-order valence-corrected chi connectivity index (χ4v) is 1.13. The number of hydrogen-bond donors (Lipinski definition) is 0. The molecule has 0 radical (unpaired) electrons. The second kappa shape index (κ2) is 5.97. The molecule has 0 aliphatic heterocycles. The minimum absolute atomic E-state index is 0.457. The number of carbonyl (C=O) groups excluding carboxylic acids is 1. The monoisotopic (exact) mass is 190 g/mol. The maximum Gasteiger partial charge on any atom is 0.123 e. The van der Waals surface area contributed by atoms with Crippen LogP contribution in [0.3, 0.4) is 0 Å². The number of rotatable bonds is 5. The van der Waals surface area contributed by atoms with Crippen LogP contribution < -0.4 is 4.74 Å². The highest BCUT2D eigenvalue weighted by molar-refractivity contribution is 5.58. The zero-order valence-corrected chi connectivity index (χ0v) is 8.27. The molecule has 0 saturated heterocycles. The van der Waals surface area contributed by atoms with Crippen LogP contribution in [0.15, 0.2) is 30.3 Å². The van der Waals surface area contributed by atoms with E-state index >= 15 is 0 Å². The Kier molecular flexibility index (Phi) is 4.48. The van der Waals surface area contributed by atoms with E-state index in [2.05, 4.69) is 0 Å². The van der Waals surface area contributed by atoms with Crippen molar-refractivity contribution in [2.45, 2.75) is 13.3 Å². The molecule has 0 N–H and O–H groups in total. The summed E-state index contributed by atoms with van der Waals surface area (Å²) in [6.07, 6.45) is 5.08. The van der Waals surface area contributed by atoms with Gasteiger partial charge in [0, 0.05) is 6.42 Å². The predicted octanol–water partition coefficient (Wildman–Crippen LogP) is 2.69. The largest absolute Gasteiger partial charge is 0.494 e. The molecule has 0 saturated carbocycles. The highest BCUT2D eigenvalue weighted by Gasteiger charge is 1.91. The summed E-state index contributed by atoms with van der Waals surface area (Å²) >= 11 is 0. The summed E-state index contributed by atoms with van der Waals surface area (Å²) in [6.45, 7) is 2.62. The van der Waals surface area contributed by atoms with Crippen LogP contribution in [-0.2, 0) is 4.79 Å². The van der Waals surface area contributed by atoms with Crippen molar-refractivity contribution >= 4 is 12.4 Å². The molecule has 0 bridgehead atoms. The maximum absolute atomic E-state index is 10.1. The number of benzene rings is 1. The fraction of sp³-hybridized carbons (Fsp3) is 0.250. The molecule has 2 heteroatoms. The SMILES string of the molecule is CCOc1cccc(C=CCC=O)c1. The molecule has 0 unspecified atom stereocenters. The predicted molar refractivity (Wildman–Crippen MR) is 57.3 cm³/mol. The van der Waals surface area contributed by atoms with Gasteiger partial charge in [-0.1, -0.05) is 24.3 Å². The van der Waals surface area contributed by atoms with Crippen molar-refractivity contribution in [1.29, 1.82) is 0 Å². The van der Waals surface area contributed by atoms with Crippen LogP contribution in [0, 0.1) is 0 Å². The Balaban J connectivity index is 2.67. The number of ether oxygens (including phenoxy) is 1. The lowest BCUT2D eigenvalue weighted by Gasteiger charge is -2.02. The van der Waals surface area contributed by atoms with E-state index in [0.29, 0.717) is 13.0 Å². The third kappa shape index (κ3) is 3.44. The van der Waals surface area contributed by atoms with Gasteiger partial charge in [-0.3, -0.25) is 0 Å². The van der Waals surface area contributed by atoms with Gasteiger partial charge in [-0.25, -0.2) is 0 Å². The average molecular weight is 190 g/mol. The Morgan fingerprint density at radius 3 is 3.00 bits per heavy atom. The molecule has 0 aliphatic rings. The van der Waals surface area contributed by atoms with Gasteiger partial charge in [-0.2, -0.15) is 0 Å². The molecular weight excluding hydrogens is 176 g/mol. The van der Waals surface area contributed by atoms with Gasteiger partial charge >= 0.3 is 0 Å². The second-order valence-corrected chi connectivity index (χ2v) is 2.81. The highest BCUT2D eigenvalue weighted by atomic mass is 16.5. The van der Waals surface area contributed by atoms with Crippen molar-refractivity contribution in [3.05, 3.63) is 35.9 Å². The molecule has 1 rings (SSSR count). The molecule has 0 amide bonds. The lowest BCUT2D eigenvalue weighted by Crippen LogP contribution is -1.90. The van der Waals surface area contributed by atoms with Gasteiger partial charge in [0.25, 0.3) is 0 Å². The summed E-state index contributed by atoms with van der Waals surface area (Å²) in [5.74, 6) is 0.862. The summed E-state index contributed by atoms with van der Waals surface area (Å²) in [4.78, 5) is 10.1. The fourth-order valence-electron chi connectivity index (χ4n) is 1.13. The van der Waals surface area contributed by atoms with Crippen LogP contribution in [0.4, 0.5) is 0 Å². The Morgan fingerprint density at radius 2 is 2.29 bits per heavy atom. The van der Waals surface area contributed by atoms with Gasteiger partial charge in [-0.05, 0) is 24.6 Å². The zero-order valence-electron chi connectivity index (χ0n) is 8.27. The van der Waals surface area contributed by atoms with E-state index < -0.39 is 0 Å². The van der Waals surface area contributed by atoms with Crippen molar-refractivity contribution in [1.82, 2.24) is 0 Å². The minimum atomic E-state index is 0.457. The Labute approximate surface area is 84.2 Å². The first-order chi connectivity index (χ1) is 6.86. The lowest BCUT2D eigenvalue weighted by atomic mass is 10.2. The molecule has 74 valence electrons. The van der Waals surface area contributed by atoms with Gasteiger partial charge in [0.2, 0.25) is 0 Å². The molecule has 0 spiro atoms. The number of aldehydes is 1. The summed E-state index contributed by atoms with van der Waals surface area (Å²) < 4.78 is 5.35. The third-order valence-electron chi connectivity index (χ3n) is 1.71. The molecule has 14 heavy (non-hydrogen) atoms. The normalized spacial score (nSPS) is 10.4. The van der Waals surface area contributed by atoms with Gasteiger partial charge in [0.1, 0.15) is 12.0 Å². The lowest BCUT2D eigenvalue weighted by molar-refractivity contribution is -0.107. The van der Waals surface area contributed by atoms with E-state index in [0.717, 1.165) is 17.6 Å². The Hall–Kier alpha value is -1.57. The molecular formula is C12H14O2. The average Bonchev–Trinajstić information content (AvgIpc) is 2.19. The van der Waals surface area contributed by atoms with Crippen LogP contribution in [0.25, 0.3) is 6.08 Å². The van der Waals surface area contributed by atoms with E-state index in [-0.39, 0.29) is 0 Å². The van der Waals surface area contributed by atoms with E-state index in [1.165, 1.54) is 0 Å². The number of allylic oxidation sites excluding steroid dienone is 1. The molecule has 1 aromatic rings. The van der Waals surface area contributed by atoms with Crippen molar-refractivity contribution in [3.63, 3.8) is 0 Å². The van der Waals surface area contributed by atoms with Crippen LogP contribution in [0.2, 0.25) is 0 Å². The topological polar surface area (TPSA) is 26.3 Å². The van der Waals surface area contributed by atoms with E-state index in [9.17, 15) is 4.79 Å². The van der Waals surface area contributed by atoms with E-state index in [1.54, 1.807) is 0 Å². The van der Waals surface area contributed by atoms with Crippen molar-refractivity contribution in [3.8, 4) is 5.75 Å². The summed E-state index contributed by atoms with van der Waals surface area (Å²) in [5, 5.41) is 0. The molecule has 0 atom stereocenters. The Morgan fingerprint density at radius 1 is 1.43 bits per heavy atom. The molecule has 2 nitrogen and oxygen atoms in total. The molecule has 0 aromatic heterocycles. The van der Waals surface area contributed by atoms with Crippen molar-refractivity contribution in [2.75, 3.05) is 6.61 Å². The van der Waals surface area contributed by atoms with E-state index in [1.807, 2.05) is 43.3 Å². The van der Waals surface area contributed by atoms with Gasteiger partial charge < -0.3 is 9.53 Å². The summed E-state index contributed by atoms with van der Waals surface area (Å²) in [5.41, 5.74) is 1.05. The smallest absolute Gasteiger partial charge is 0.123 e. The Bertz CT molecular complexity index is 316. The third-order valence-corrected chi connectivity index (χ3v) is 1.71. The number of hydrogen-bond acceptors (Lipinski definition) is 2. The van der Waals surface area contributed by atoms with Crippen molar-refractivity contribution in [2.24, 2.45) is 0 Å². The van der Waals surface area contributed by atoms with Crippen LogP contribution in [0.5, 0.6) is 5.75 Å². The first-order valence-electron chi connectivity index (χ1n) is 4.70.